The Morgan fingerprint density at radius 3 is 3.00 bits per heavy atom. The number of carbonyl (C=O) groups excluding carboxylic acids is 1. The lowest BCUT2D eigenvalue weighted by Crippen LogP contribution is -2.37. The van der Waals surface area contributed by atoms with Gasteiger partial charge in [-0.1, -0.05) is 0 Å². The predicted octanol–water partition coefficient (Wildman–Crippen LogP) is 1.09. The molecule has 0 aromatic carbocycles. The van der Waals surface area contributed by atoms with Crippen molar-refractivity contribution < 1.29 is 4.79 Å². The number of pyridine rings is 1. The maximum absolute atomic E-state index is 12.3. The third kappa shape index (κ3) is 2.71. The van der Waals surface area contributed by atoms with E-state index in [0.29, 0.717) is 5.56 Å². The molecule has 1 saturated heterocycles. The van der Waals surface area contributed by atoms with E-state index in [1.54, 1.807) is 25.5 Å². The highest BCUT2D eigenvalue weighted by atomic mass is 16.1. The number of anilines is 1. The lowest BCUT2D eigenvalue weighted by atomic mass is 10.2. The standard InChI is InChI=1S/C14H20N4O/c1-15-13-8-16-6-4-12(13)14(19)17-10-5-7-18(9-10)11-2-3-11/h4,6,8,10-11,15H,2-3,5,7,9H2,1H3,(H,17,19). The molecule has 5 nitrogen and oxygen atoms in total. The van der Waals surface area contributed by atoms with Gasteiger partial charge in [0.2, 0.25) is 0 Å². The first-order valence-corrected chi connectivity index (χ1v) is 6.94. The highest BCUT2D eigenvalue weighted by molar-refractivity contribution is 5.99. The van der Waals surface area contributed by atoms with Gasteiger partial charge >= 0.3 is 0 Å². The summed E-state index contributed by atoms with van der Waals surface area (Å²) >= 11 is 0. The number of rotatable bonds is 4. The summed E-state index contributed by atoms with van der Waals surface area (Å²) in [6.07, 6.45) is 7.05. The number of nitrogens with zero attached hydrogens (tertiary/aromatic N) is 2. The molecule has 0 bridgehead atoms. The maximum atomic E-state index is 12.3. The minimum absolute atomic E-state index is 0.00519. The molecule has 1 aliphatic heterocycles. The Labute approximate surface area is 113 Å². The van der Waals surface area contributed by atoms with Crippen molar-refractivity contribution in [2.75, 3.05) is 25.5 Å². The Morgan fingerprint density at radius 1 is 1.42 bits per heavy atom. The molecule has 1 saturated carbocycles. The van der Waals surface area contributed by atoms with Crippen LogP contribution in [0.2, 0.25) is 0 Å². The number of nitrogens with one attached hydrogen (secondary N) is 2. The lowest BCUT2D eigenvalue weighted by molar-refractivity contribution is 0.0938. The molecule has 3 rings (SSSR count). The number of aromatic nitrogens is 1. The average Bonchev–Trinajstić information content (AvgIpc) is 3.19. The molecule has 2 aliphatic rings. The molecular formula is C14H20N4O. The van der Waals surface area contributed by atoms with Crippen molar-refractivity contribution in [3.63, 3.8) is 0 Å². The first-order chi connectivity index (χ1) is 9.28. The van der Waals surface area contributed by atoms with E-state index in [4.69, 9.17) is 0 Å². The van der Waals surface area contributed by atoms with E-state index in [1.807, 2.05) is 0 Å². The quantitative estimate of drug-likeness (QED) is 0.851. The van der Waals surface area contributed by atoms with E-state index < -0.39 is 0 Å². The highest BCUT2D eigenvalue weighted by Gasteiger charge is 2.34. The van der Waals surface area contributed by atoms with Crippen LogP contribution in [0, 0.1) is 0 Å². The number of hydrogen-bond donors (Lipinski definition) is 2. The topological polar surface area (TPSA) is 57.3 Å². The Bertz CT molecular complexity index is 472. The van der Waals surface area contributed by atoms with Crippen molar-refractivity contribution in [1.82, 2.24) is 15.2 Å². The largest absolute Gasteiger partial charge is 0.386 e. The van der Waals surface area contributed by atoms with Crippen molar-refractivity contribution in [2.24, 2.45) is 0 Å². The minimum Gasteiger partial charge on any atom is -0.386 e. The third-order valence-corrected chi connectivity index (χ3v) is 3.95. The lowest BCUT2D eigenvalue weighted by Gasteiger charge is -2.16. The van der Waals surface area contributed by atoms with Crippen molar-refractivity contribution in [3.8, 4) is 0 Å². The van der Waals surface area contributed by atoms with E-state index in [0.717, 1.165) is 31.2 Å². The van der Waals surface area contributed by atoms with Crippen LogP contribution < -0.4 is 10.6 Å². The summed E-state index contributed by atoms with van der Waals surface area (Å²) < 4.78 is 0. The summed E-state index contributed by atoms with van der Waals surface area (Å²) in [6.45, 7) is 2.11. The minimum atomic E-state index is -0.00519. The fourth-order valence-corrected chi connectivity index (χ4v) is 2.73. The van der Waals surface area contributed by atoms with Crippen LogP contribution >= 0.6 is 0 Å². The second-order valence-corrected chi connectivity index (χ2v) is 5.36. The molecule has 1 atom stereocenters. The predicted molar refractivity (Wildman–Crippen MR) is 74.2 cm³/mol. The molecule has 1 aromatic rings. The summed E-state index contributed by atoms with van der Waals surface area (Å²) in [5, 5.41) is 6.14. The number of amides is 1. The fraction of sp³-hybridized carbons (Fsp3) is 0.571. The molecule has 1 aromatic heterocycles. The van der Waals surface area contributed by atoms with E-state index in [2.05, 4.69) is 20.5 Å². The maximum Gasteiger partial charge on any atom is 0.253 e. The first-order valence-electron chi connectivity index (χ1n) is 6.94. The smallest absolute Gasteiger partial charge is 0.253 e. The average molecular weight is 260 g/mol. The fourth-order valence-electron chi connectivity index (χ4n) is 2.73. The Balaban J connectivity index is 1.61. The summed E-state index contributed by atoms with van der Waals surface area (Å²) in [5.41, 5.74) is 1.44. The van der Waals surface area contributed by atoms with Crippen LogP contribution in [-0.4, -0.2) is 48.0 Å². The molecule has 5 heteroatoms. The van der Waals surface area contributed by atoms with Crippen molar-refractivity contribution in [2.45, 2.75) is 31.3 Å². The molecule has 19 heavy (non-hydrogen) atoms. The zero-order chi connectivity index (χ0) is 13.2. The summed E-state index contributed by atoms with van der Waals surface area (Å²) in [7, 11) is 1.80. The van der Waals surface area contributed by atoms with E-state index in [9.17, 15) is 4.79 Å². The third-order valence-electron chi connectivity index (χ3n) is 3.95. The first kappa shape index (κ1) is 12.4. The molecule has 1 aliphatic carbocycles. The molecule has 1 unspecified atom stereocenters. The zero-order valence-corrected chi connectivity index (χ0v) is 11.2. The van der Waals surface area contributed by atoms with Gasteiger partial charge in [0.05, 0.1) is 17.4 Å². The van der Waals surface area contributed by atoms with Gasteiger partial charge in [-0.25, -0.2) is 0 Å². The molecule has 2 fully saturated rings. The monoisotopic (exact) mass is 260 g/mol. The molecular weight excluding hydrogens is 240 g/mol. The van der Waals surface area contributed by atoms with Gasteiger partial charge in [-0.05, 0) is 25.3 Å². The second-order valence-electron chi connectivity index (χ2n) is 5.36. The van der Waals surface area contributed by atoms with Crippen LogP contribution in [0.3, 0.4) is 0 Å². The zero-order valence-electron chi connectivity index (χ0n) is 11.2. The highest BCUT2D eigenvalue weighted by Crippen LogP contribution is 2.29. The number of carbonyl (C=O) groups is 1. The summed E-state index contributed by atoms with van der Waals surface area (Å²) in [4.78, 5) is 18.8. The Kier molecular flexibility index (Phi) is 3.38. The van der Waals surface area contributed by atoms with Gasteiger partial charge in [-0.15, -0.1) is 0 Å². The number of hydrogen-bond acceptors (Lipinski definition) is 4. The Morgan fingerprint density at radius 2 is 2.26 bits per heavy atom. The van der Waals surface area contributed by atoms with E-state index in [-0.39, 0.29) is 11.9 Å². The van der Waals surface area contributed by atoms with Gasteiger partial charge < -0.3 is 10.6 Å². The summed E-state index contributed by atoms with van der Waals surface area (Å²) in [5.74, 6) is -0.00519. The molecule has 1 amide bonds. The molecule has 102 valence electrons. The van der Waals surface area contributed by atoms with Crippen molar-refractivity contribution in [1.29, 1.82) is 0 Å². The van der Waals surface area contributed by atoms with Gasteiger partial charge in [0.1, 0.15) is 0 Å². The number of likely N-dealkylation sites (tertiary alicyclic amines) is 1. The van der Waals surface area contributed by atoms with Crippen LogP contribution in [0.4, 0.5) is 5.69 Å². The molecule has 2 N–H and O–H groups in total. The van der Waals surface area contributed by atoms with E-state index >= 15 is 0 Å². The summed E-state index contributed by atoms with van der Waals surface area (Å²) in [6, 6.07) is 2.83. The van der Waals surface area contributed by atoms with E-state index in [1.165, 1.54) is 12.8 Å². The van der Waals surface area contributed by atoms with Crippen LogP contribution in [0.15, 0.2) is 18.5 Å². The molecule has 2 heterocycles. The molecule has 0 radical (unpaired) electrons. The molecule has 0 spiro atoms. The van der Waals surface area contributed by atoms with Gasteiger partial charge in [-0.3, -0.25) is 14.7 Å². The normalized spacial score (nSPS) is 23.3. The Hall–Kier alpha value is -1.62. The van der Waals surface area contributed by atoms with Gasteiger partial charge in [0, 0.05) is 38.4 Å². The van der Waals surface area contributed by atoms with Crippen molar-refractivity contribution >= 4 is 11.6 Å². The van der Waals surface area contributed by atoms with Crippen LogP contribution in [0.25, 0.3) is 0 Å². The van der Waals surface area contributed by atoms with Gasteiger partial charge in [-0.2, -0.15) is 0 Å². The SMILES string of the molecule is CNc1cnccc1C(=O)NC1CCN(C2CC2)C1. The second kappa shape index (κ2) is 5.17. The van der Waals surface area contributed by atoms with Crippen LogP contribution in [0.5, 0.6) is 0 Å². The van der Waals surface area contributed by atoms with Crippen LogP contribution in [0.1, 0.15) is 29.6 Å². The van der Waals surface area contributed by atoms with Crippen molar-refractivity contribution in [3.05, 3.63) is 24.0 Å². The van der Waals surface area contributed by atoms with Gasteiger partial charge in [0.25, 0.3) is 5.91 Å². The van der Waals surface area contributed by atoms with Gasteiger partial charge in [0.15, 0.2) is 0 Å². The van der Waals surface area contributed by atoms with Crippen LogP contribution in [-0.2, 0) is 0 Å².